The van der Waals surface area contributed by atoms with Gasteiger partial charge in [0.15, 0.2) is 5.03 Å². The van der Waals surface area contributed by atoms with Gasteiger partial charge in [0.25, 0.3) is 15.9 Å². The van der Waals surface area contributed by atoms with Crippen LogP contribution in [0.2, 0.25) is 0 Å². The molecule has 0 aromatic carbocycles. The first kappa shape index (κ1) is 13.1. The second-order valence-corrected chi connectivity index (χ2v) is 5.10. The molecule has 0 atom stereocenters. The molecule has 8 heteroatoms. The summed E-state index contributed by atoms with van der Waals surface area (Å²) < 4.78 is 38.2. The molecule has 6 nitrogen and oxygen atoms in total. The molecule has 0 aliphatic rings. The lowest BCUT2D eigenvalue weighted by Gasteiger charge is -2.05. The average molecular weight is 281 g/mol. The molecule has 0 radical (unpaired) electrons. The Bertz CT molecular complexity index is 704. The lowest BCUT2D eigenvalue weighted by atomic mass is 10.3. The number of rotatable bonds is 3. The van der Waals surface area contributed by atoms with Gasteiger partial charge >= 0.3 is 0 Å². The molecule has 0 saturated carbocycles. The van der Waals surface area contributed by atoms with E-state index in [4.69, 9.17) is 0 Å². The van der Waals surface area contributed by atoms with E-state index in [1.54, 1.807) is 4.72 Å². The van der Waals surface area contributed by atoms with Crippen molar-refractivity contribution in [3.8, 4) is 0 Å². The lowest BCUT2D eigenvalue weighted by Crippen LogP contribution is -2.31. The molecule has 19 heavy (non-hydrogen) atoms. The van der Waals surface area contributed by atoms with Crippen LogP contribution in [0, 0.1) is 5.95 Å². The van der Waals surface area contributed by atoms with Gasteiger partial charge in [-0.15, -0.1) is 0 Å². The third-order valence-electron chi connectivity index (χ3n) is 2.12. The molecule has 0 spiro atoms. The average Bonchev–Trinajstić information content (AvgIpc) is 2.39. The maximum atomic E-state index is 12.9. The summed E-state index contributed by atoms with van der Waals surface area (Å²) in [5.41, 5.74) is 0.0717. The highest BCUT2D eigenvalue weighted by Gasteiger charge is 2.20. The van der Waals surface area contributed by atoms with Crippen LogP contribution in [0.5, 0.6) is 0 Å². The maximum absolute atomic E-state index is 12.9. The van der Waals surface area contributed by atoms with Crippen LogP contribution in [-0.4, -0.2) is 24.3 Å². The number of sulfonamides is 1. The van der Waals surface area contributed by atoms with Gasteiger partial charge in [-0.2, -0.15) is 12.8 Å². The number of carbonyl (C=O) groups is 1. The molecule has 0 saturated heterocycles. The van der Waals surface area contributed by atoms with E-state index in [0.29, 0.717) is 0 Å². The van der Waals surface area contributed by atoms with Gasteiger partial charge in [-0.05, 0) is 24.3 Å². The minimum atomic E-state index is -4.21. The zero-order chi connectivity index (χ0) is 13.9. The van der Waals surface area contributed by atoms with Crippen molar-refractivity contribution in [2.45, 2.75) is 5.03 Å². The Hall–Kier alpha value is -2.35. The standard InChI is InChI=1S/C11H8FN3O3S/c12-9-4-1-5-10(14-9)19(17,18)15-11(16)8-3-2-6-13-7-8/h1-7H,(H,15,16). The van der Waals surface area contributed by atoms with Crippen molar-refractivity contribution in [1.29, 1.82) is 0 Å². The van der Waals surface area contributed by atoms with Crippen molar-refractivity contribution in [1.82, 2.24) is 14.7 Å². The third kappa shape index (κ3) is 3.10. The van der Waals surface area contributed by atoms with Crippen LogP contribution in [-0.2, 0) is 10.0 Å². The Labute approximate surface area is 108 Å². The minimum absolute atomic E-state index is 0.0717. The molecule has 1 amide bonds. The summed E-state index contributed by atoms with van der Waals surface area (Å²) in [6, 6.07) is 6.16. The topological polar surface area (TPSA) is 89.0 Å². The highest BCUT2D eigenvalue weighted by Crippen LogP contribution is 2.07. The molecular weight excluding hydrogens is 273 g/mol. The lowest BCUT2D eigenvalue weighted by molar-refractivity contribution is 0.0981. The summed E-state index contributed by atoms with van der Waals surface area (Å²) in [6.07, 6.45) is 2.66. The number of aromatic nitrogens is 2. The van der Waals surface area contributed by atoms with Gasteiger partial charge in [0, 0.05) is 12.4 Å². The van der Waals surface area contributed by atoms with Crippen LogP contribution in [0.1, 0.15) is 10.4 Å². The van der Waals surface area contributed by atoms with Crippen LogP contribution >= 0.6 is 0 Å². The van der Waals surface area contributed by atoms with Gasteiger partial charge in [-0.1, -0.05) is 6.07 Å². The third-order valence-corrected chi connectivity index (χ3v) is 3.35. The van der Waals surface area contributed by atoms with Gasteiger partial charge < -0.3 is 0 Å². The molecule has 1 N–H and O–H groups in total. The fourth-order valence-corrected chi connectivity index (χ4v) is 2.20. The predicted octanol–water partition coefficient (Wildman–Crippen LogP) is 0.734. The highest BCUT2D eigenvalue weighted by atomic mass is 32.2. The summed E-state index contributed by atoms with van der Waals surface area (Å²) >= 11 is 0. The van der Waals surface area contributed by atoms with E-state index in [1.807, 2.05) is 0 Å². The zero-order valence-electron chi connectivity index (χ0n) is 9.45. The Morgan fingerprint density at radius 3 is 2.63 bits per heavy atom. The SMILES string of the molecule is O=C(NS(=O)(=O)c1cccc(F)n1)c1cccnc1. The molecular formula is C11H8FN3O3S. The van der Waals surface area contributed by atoms with E-state index < -0.39 is 26.9 Å². The van der Waals surface area contributed by atoms with Crippen LogP contribution in [0.4, 0.5) is 4.39 Å². The van der Waals surface area contributed by atoms with Crippen molar-refractivity contribution in [3.05, 3.63) is 54.2 Å². The van der Waals surface area contributed by atoms with E-state index in [2.05, 4.69) is 9.97 Å². The molecule has 0 fully saturated rings. The number of carbonyl (C=O) groups excluding carboxylic acids is 1. The number of pyridine rings is 2. The molecule has 98 valence electrons. The van der Waals surface area contributed by atoms with Crippen molar-refractivity contribution in [3.63, 3.8) is 0 Å². The summed E-state index contributed by atoms with van der Waals surface area (Å²) in [5, 5.41) is -0.565. The molecule has 2 aromatic heterocycles. The first-order chi connectivity index (χ1) is 8.99. The molecule has 2 rings (SSSR count). The molecule has 0 bridgehead atoms. The van der Waals surface area contributed by atoms with Crippen molar-refractivity contribution < 1.29 is 17.6 Å². The van der Waals surface area contributed by atoms with Crippen molar-refractivity contribution >= 4 is 15.9 Å². The first-order valence-corrected chi connectivity index (χ1v) is 6.57. The summed E-state index contributed by atoms with van der Waals surface area (Å²) in [4.78, 5) is 18.6. The Morgan fingerprint density at radius 1 is 1.21 bits per heavy atom. The fraction of sp³-hybridized carbons (Fsp3) is 0. The largest absolute Gasteiger partial charge is 0.281 e. The van der Waals surface area contributed by atoms with Crippen molar-refractivity contribution in [2.24, 2.45) is 0 Å². The second-order valence-electron chi connectivity index (χ2n) is 3.47. The van der Waals surface area contributed by atoms with E-state index in [0.717, 1.165) is 12.1 Å². The minimum Gasteiger partial charge on any atom is -0.268 e. The van der Waals surface area contributed by atoms with Crippen LogP contribution < -0.4 is 4.72 Å². The van der Waals surface area contributed by atoms with E-state index in [-0.39, 0.29) is 5.56 Å². The number of halogens is 1. The number of hydrogen-bond donors (Lipinski definition) is 1. The number of nitrogens with zero attached hydrogens (tertiary/aromatic N) is 2. The molecule has 2 aromatic rings. The summed E-state index contributed by atoms with van der Waals surface area (Å²) in [7, 11) is -4.21. The van der Waals surface area contributed by atoms with Gasteiger partial charge in [-0.3, -0.25) is 9.78 Å². The van der Waals surface area contributed by atoms with Crippen LogP contribution in [0.3, 0.4) is 0 Å². The monoisotopic (exact) mass is 281 g/mol. The maximum Gasteiger partial charge on any atom is 0.281 e. The number of nitrogens with one attached hydrogen (secondary N) is 1. The molecule has 0 aliphatic heterocycles. The first-order valence-electron chi connectivity index (χ1n) is 5.09. The number of hydrogen-bond acceptors (Lipinski definition) is 5. The van der Waals surface area contributed by atoms with E-state index in [1.165, 1.54) is 30.6 Å². The van der Waals surface area contributed by atoms with Gasteiger partial charge in [0.2, 0.25) is 5.95 Å². The summed E-state index contributed by atoms with van der Waals surface area (Å²) in [6.45, 7) is 0. The number of amides is 1. The van der Waals surface area contributed by atoms with E-state index in [9.17, 15) is 17.6 Å². The van der Waals surface area contributed by atoms with Gasteiger partial charge in [0.1, 0.15) is 0 Å². The Balaban J connectivity index is 2.25. The normalized spacial score (nSPS) is 11.0. The Morgan fingerprint density at radius 2 is 2.00 bits per heavy atom. The molecule has 0 unspecified atom stereocenters. The predicted molar refractivity (Wildman–Crippen MR) is 63.1 cm³/mol. The van der Waals surface area contributed by atoms with Gasteiger partial charge in [0.05, 0.1) is 5.56 Å². The van der Waals surface area contributed by atoms with Crippen LogP contribution in [0.25, 0.3) is 0 Å². The van der Waals surface area contributed by atoms with Crippen LogP contribution in [0.15, 0.2) is 47.8 Å². The zero-order valence-corrected chi connectivity index (χ0v) is 10.3. The van der Waals surface area contributed by atoms with E-state index >= 15 is 0 Å². The quantitative estimate of drug-likeness (QED) is 0.838. The second kappa shape index (κ2) is 5.11. The van der Waals surface area contributed by atoms with Crippen molar-refractivity contribution in [2.75, 3.05) is 0 Å². The fourth-order valence-electron chi connectivity index (χ4n) is 1.27. The van der Waals surface area contributed by atoms with Gasteiger partial charge in [-0.25, -0.2) is 9.71 Å². The molecule has 0 aliphatic carbocycles. The Kier molecular flexibility index (Phi) is 3.52. The molecule has 2 heterocycles. The summed E-state index contributed by atoms with van der Waals surface area (Å²) in [5.74, 6) is -1.81. The smallest absolute Gasteiger partial charge is 0.268 e. The highest BCUT2D eigenvalue weighted by molar-refractivity contribution is 7.90.